The molecule has 0 saturated carbocycles. The number of hydrogen-bond donors (Lipinski definition) is 2. The summed E-state index contributed by atoms with van der Waals surface area (Å²) >= 11 is 4.54. The normalized spacial score (nSPS) is 13.6. The molecule has 142 valence electrons. The average molecular weight is 485 g/mol. The third kappa shape index (κ3) is 5.24. The number of alkyl halides is 2. The highest BCUT2D eigenvalue weighted by atomic mass is 79.9. The number of benzene rings is 2. The molecule has 2 N–H and O–H groups in total. The van der Waals surface area contributed by atoms with E-state index in [-0.39, 0.29) is 4.47 Å². The Kier molecular flexibility index (Phi) is 7.21. The first kappa shape index (κ1) is 21.7. The van der Waals surface area contributed by atoms with Gasteiger partial charge < -0.3 is 9.79 Å². The smallest absolute Gasteiger partial charge is 0.320 e. The highest BCUT2D eigenvalue weighted by Gasteiger charge is 2.51. The predicted octanol–water partition coefficient (Wildman–Crippen LogP) is 4.85. The van der Waals surface area contributed by atoms with Crippen molar-refractivity contribution < 1.29 is 27.3 Å². The Morgan fingerprint density at radius 2 is 1.65 bits per heavy atom. The SMILES string of the molecule is CS(=O)c1ccc(CSCc2ccc(C(F)(F)P(=O)(O)O)c(Br)c2)cc1. The number of thioether (sulfide) groups is 1. The Morgan fingerprint density at radius 3 is 2.15 bits per heavy atom. The Hall–Kier alpha value is -0.570. The van der Waals surface area contributed by atoms with Crippen LogP contribution in [0.3, 0.4) is 0 Å². The summed E-state index contributed by atoms with van der Waals surface area (Å²) < 4.78 is 49.9. The van der Waals surface area contributed by atoms with Crippen LogP contribution in [0.5, 0.6) is 0 Å². The van der Waals surface area contributed by atoms with Gasteiger partial charge in [-0.2, -0.15) is 20.5 Å². The minimum atomic E-state index is -5.60. The average Bonchev–Trinajstić information content (AvgIpc) is 2.54. The van der Waals surface area contributed by atoms with E-state index in [9.17, 15) is 17.6 Å². The molecule has 0 radical (unpaired) electrons. The van der Waals surface area contributed by atoms with E-state index in [1.165, 1.54) is 12.1 Å². The lowest BCUT2D eigenvalue weighted by Crippen LogP contribution is -2.14. The summed E-state index contributed by atoms with van der Waals surface area (Å²) in [6.07, 6.45) is 1.61. The number of rotatable bonds is 7. The molecule has 0 aliphatic rings. The highest BCUT2D eigenvalue weighted by molar-refractivity contribution is 9.10. The van der Waals surface area contributed by atoms with E-state index in [1.807, 2.05) is 24.3 Å². The van der Waals surface area contributed by atoms with Gasteiger partial charge in [0, 0.05) is 43.5 Å². The van der Waals surface area contributed by atoms with Crippen LogP contribution in [0.4, 0.5) is 8.78 Å². The number of hydrogen-bond acceptors (Lipinski definition) is 3. The van der Waals surface area contributed by atoms with Crippen molar-refractivity contribution in [2.75, 3.05) is 6.26 Å². The molecule has 0 heterocycles. The molecule has 26 heavy (non-hydrogen) atoms. The molecule has 0 spiro atoms. The Labute approximate surface area is 165 Å². The third-order valence-electron chi connectivity index (χ3n) is 3.52. The van der Waals surface area contributed by atoms with Gasteiger partial charge in [0.25, 0.3) is 0 Å². The van der Waals surface area contributed by atoms with Gasteiger partial charge in [0.1, 0.15) is 0 Å². The molecule has 2 aromatic rings. The van der Waals surface area contributed by atoms with Crippen LogP contribution < -0.4 is 0 Å². The van der Waals surface area contributed by atoms with Crippen molar-refractivity contribution in [2.45, 2.75) is 22.1 Å². The van der Waals surface area contributed by atoms with Crippen molar-refractivity contribution >= 4 is 46.1 Å². The molecule has 4 nitrogen and oxygen atoms in total. The van der Waals surface area contributed by atoms with Crippen LogP contribution in [0.2, 0.25) is 0 Å². The molecule has 10 heteroatoms. The molecule has 1 unspecified atom stereocenters. The largest absolute Gasteiger partial charge is 0.399 e. The van der Waals surface area contributed by atoms with Gasteiger partial charge in [0.15, 0.2) is 0 Å². The van der Waals surface area contributed by atoms with Crippen LogP contribution >= 0.6 is 35.3 Å². The molecule has 2 aromatic carbocycles. The summed E-state index contributed by atoms with van der Waals surface area (Å²) in [4.78, 5) is 18.4. The van der Waals surface area contributed by atoms with Gasteiger partial charge in [0.05, 0.1) is 0 Å². The van der Waals surface area contributed by atoms with Crippen molar-refractivity contribution in [3.8, 4) is 0 Å². The van der Waals surface area contributed by atoms with Gasteiger partial charge in [-0.3, -0.25) is 8.77 Å². The molecule has 0 aliphatic heterocycles. The lowest BCUT2D eigenvalue weighted by molar-refractivity contribution is 0.0557. The molecule has 1 atom stereocenters. The van der Waals surface area contributed by atoms with Crippen LogP contribution in [-0.4, -0.2) is 20.3 Å². The van der Waals surface area contributed by atoms with E-state index in [0.29, 0.717) is 11.5 Å². The van der Waals surface area contributed by atoms with Crippen LogP contribution in [-0.2, 0) is 32.5 Å². The molecule has 2 rings (SSSR count). The molecule has 0 amide bonds. The van der Waals surface area contributed by atoms with Crippen LogP contribution in [0.15, 0.2) is 51.8 Å². The molecule has 0 aromatic heterocycles. The van der Waals surface area contributed by atoms with Crippen molar-refractivity contribution in [3.05, 3.63) is 63.6 Å². The Balaban J connectivity index is 2.02. The fourth-order valence-electron chi connectivity index (χ4n) is 2.11. The minimum absolute atomic E-state index is 0.0429. The van der Waals surface area contributed by atoms with E-state index in [4.69, 9.17) is 9.79 Å². The molecular weight excluding hydrogens is 469 g/mol. The van der Waals surface area contributed by atoms with Crippen molar-refractivity contribution in [3.63, 3.8) is 0 Å². The summed E-state index contributed by atoms with van der Waals surface area (Å²) in [6, 6.07) is 11.3. The first-order valence-corrected chi connectivity index (χ1v) is 12.4. The van der Waals surface area contributed by atoms with Crippen molar-refractivity contribution in [1.29, 1.82) is 0 Å². The van der Waals surface area contributed by atoms with Gasteiger partial charge in [-0.05, 0) is 29.3 Å². The van der Waals surface area contributed by atoms with E-state index in [1.54, 1.807) is 18.0 Å². The van der Waals surface area contributed by atoms with Crippen molar-refractivity contribution in [1.82, 2.24) is 0 Å². The van der Waals surface area contributed by atoms with Gasteiger partial charge >= 0.3 is 13.3 Å². The van der Waals surface area contributed by atoms with E-state index >= 15 is 0 Å². The van der Waals surface area contributed by atoms with E-state index in [0.717, 1.165) is 22.1 Å². The minimum Gasteiger partial charge on any atom is -0.320 e. The molecule has 0 saturated heterocycles. The predicted molar refractivity (Wildman–Crippen MR) is 104 cm³/mol. The van der Waals surface area contributed by atoms with Gasteiger partial charge in [-0.15, -0.1) is 0 Å². The highest BCUT2D eigenvalue weighted by Crippen LogP contribution is 2.60. The Bertz CT molecular complexity index is 856. The maximum Gasteiger partial charge on any atom is 0.399 e. The molecule has 0 fully saturated rings. The fraction of sp³-hybridized carbons (Fsp3) is 0.250. The second kappa shape index (κ2) is 8.63. The lowest BCUT2D eigenvalue weighted by atomic mass is 10.1. The second-order valence-electron chi connectivity index (χ2n) is 5.49. The monoisotopic (exact) mass is 484 g/mol. The summed E-state index contributed by atoms with van der Waals surface area (Å²) in [5.41, 5.74) is -3.17. The zero-order valence-electron chi connectivity index (χ0n) is 13.6. The molecular formula is C16H16BrF2O4PS2. The first-order valence-electron chi connectivity index (χ1n) is 7.25. The topological polar surface area (TPSA) is 74.6 Å². The van der Waals surface area contributed by atoms with Crippen LogP contribution in [0.1, 0.15) is 16.7 Å². The maximum absolute atomic E-state index is 13.8. The zero-order valence-corrected chi connectivity index (χ0v) is 17.7. The third-order valence-corrected chi connectivity index (χ3v) is 7.16. The second-order valence-corrected chi connectivity index (χ2v) is 10.4. The zero-order chi connectivity index (χ0) is 19.5. The van der Waals surface area contributed by atoms with Crippen LogP contribution in [0, 0.1) is 0 Å². The van der Waals surface area contributed by atoms with Gasteiger partial charge in [0.2, 0.25) is 0 Å². The summed E-state index contributed by atoms with van der Waals surface area (Å²) in [5.74, 6) is 1.23. The maximum atomic E-state index is 13.8. The quantitative estimate of drug-likeness (QED) is 0.549. The van der Waals surface area contributed by atoms with Gasteiger partial charge in [-0.25, -0.2) is 0 Å². The molecule has 0 bridgehead atoms. The number of halogens is 3. The van der Waals surface area contributed by atoms with E-state index < -0.39 is 29.6 Å². The molecule has 0 aliphatic carbocycles. The van der Waals surface area contributed by atoms with Gasteiger partial charge in [-0.1, -0.05) is 40.2 Å². The summed E-state index contributed by atoms with van der Waals surface area (Å²) in [5, 5.41) is 0. The Morgan fingerprint density at radius 1 is 1.12 bits per heavy atom. The van der Waals surface area contributed by atoms with Crippen LogP contribution in [0.25, 0.3) is 0 Å². The summed E-state index contributed by atoms with van der Waals surface area (Å²) in [6.45, 7) is 0. The first-order chi connectivity index (χ1) is 12.0. The fourth-order valence-corrected chi connectivity index (χ4v) is 4.92. The standard InChI is InChI=1S/C16H16BrF2O4PS2/c1-26(23)13-5-2-11(3-6-13)9-25-10-12-4-7-14(15(17)8-12)16(18,19)24(20,21)22/h2-8H,9-10H2,1H3,(H2,20,21,22). The lowest BCUT2D eigenvalue weighted by Gasteiger charge is -2.19. The summed E-state index contributed by atoms with van der Waals surface area (Å²) in [7, 11) is -6.62. The van der Waals surface area contributed by atoms with Crippen molar-refractivity contribution in [2.24, 2.45) is 0 Å². The van der Waals surface area contributed by atoms with E-state index in [2.05, 4.69) is 15.9 Å².